The average molecular weight is 697 g/mol. The summed E-state index contributed by atoms with van der Waals surface area (Å²) in [6.45, 7) is 21.7. The van der Waals surface area contributed by atoms with Crippen LogP contribution >= 0.6 is 28.4 Å². The Morgan fingerprint density at radius 3 is 2.44 bits per heavy atom. The molecule has 1 fully saturated rings. The van der Waals surface area contributed by atoms with Crippen LogP contribution in [-0.4, -0.2) is 64.5 Å². The second kappa shape index (κ2) is 16.1. The van der Waals surface area contributed by atoms with Gasteiger partial charge >= 0.3 is 7.12 Å². The lowest BCUT2D eigenvalue weighted by atomic mass is 9.89. The molecule has 0 saturated carbocycles. The van der Waals surface area contributed by atoms with Crippen LogP contribution in [0.4, 0.5) is 0 Å². The third-order valence-corrected chi connectivity index (χ3v) is 8.57. The van der Waals surface area contributed by atoms with Gasteiger partial charge in [-0.15, -0.1) is 0 Å². The van der Waals surface area contributed by atoms with Gasteiger partial charge in [-0.25, -0.2) is 9.13 Å². The molecular formula is C29H46BIN5O4P. The van der Waals surface area contributed by atoms with Gasteiger partial charge in [0, 0.05) is 31.8 Å². The zero-order valence-corrected chi connectivity index (χ0v) is 29.3. The Morgan fingerprint density at radius 2 is 1.83 bits per heavy atom. The van der Waals surface area contributed by atoms with E-state index in [0.717, 1.165) is 33.4 Å². The number of fused-ring (bicyclic) bond motifs is 1. The highest BCUT2D eigenvalue weighted by Gasteiger charge is 2.50. The molecule has 0 amide bonds. The maximum Gasteiger partial charge on any atom is 0.487 e. The number of aromatic nitrogens is 4. The smallest absolute Gasteiger partial charge is 0.476 e. The Hall–Kier alpha value is -1.92. The molecule has 0 spiro atoms. The number of hydrogen-bond donors (Lipinski definition) is 1. The van der Waals surface area contributed by atoms with Crippen molar-refractivity contribution in [3.8, 4) is 17.0 Å². The van der Waals surface area contributed by atoms with Crippen molar-refractivity contribution in [2.24, 2.45) is 7.05 Å². The SMILES string of the molecule is C=C(COC)NCCOc1c(-c2ccc3c(c2)c(/C=C/B2OC(C)(C)C(C)(C)O2)nn3PI)cnn1C.CC.CC. The van der Waals surface area contributed by atoms with Crippen LogP contribution in [0.2, 0.25) is 0 Å². The second-order valence-electron chi connectivity index (χ2n) is 9.90. The molecule has 226 valence electrons. The van der Waals surface area contributed by atoms with E-state index in [1.54, 1.807) is 11.8 Å². The zero-order chi connectivity index (χ0) is 30.8. The topological polar surface area (TPSA) is 84.6 Å². The molecular weight excluding hydrogens is 651 g/mol. The first kappa shape index (κ1) is 35.3. The molecule has 1 aliphatic rings. The number of nitrogens with one attached hydrogen (secondary N) is 1. The Bertz CT molecular complexity index is 1290. The molecule has 12 heteroatoms. The van der Waals surface area contributed by atoms with Crippen molar-refractivity contribution in [2.45, 2.75) is 66.6 Å². The molecule has 2 aromatic heterocycles. The highest BCUT2D eigenvalue weighted by atomic mass is 127. The molecule has 1 atom stereocenters. The van der Waals surface area contributed by atoms with Gasteiger partial charge in [-0.3, -0.25) is 0 Å². The van der Waals surface area contributed by atoms with E-state index in [-0.39, 0.29) is 11.2 Å². The van der Waals surface area contributed by atoms with Gasteiger partial charge in [-0.1, -0.05) is 46.3 Å². The maximum atomic E-state index is 6.13. The normalized spacial score (nSPS) is 15.6. The van der Waals surface area contributed by atoms with Crippen LogP contribution in [-0.2, 0) is 21.1 Å². The lowest BCUT2D eigenvalue weighted by Crippen LogP contribution is -2.41. The molecule has 1 aromatic carbocycles. The Morgan fingerprint density at radius 1 is 1.17 bits per heavy atom. The van der Waals surface area contributed by atoms with E-state index in [0.29, 0.717) is 32.0 Å². The number of aryl methyl sites for hydroxylation is 1. The van der Waals surface area contributed by atoms with Crippen molar-refractivity contribution in [3.63, 3.8) is 0 Å². The van der Waals surface area contributed by atoms with Crippen molar-refractivity contribution in [3.05, 3.63) is 48.3 Å². The molecule has 3 heterocycles. The number of ether oxygens (including phenoxy) is 2. The molecule has 41 heavy (non-hydrogen) atoms. The van der Waals surface area contributed by atoms with Gasteiger partial charge in [0.15, 0.2) is 0 Å². The highest BCUT2D eigenvalue weighted by molar-refractivity contribution is 14.2. The van der Waals surface area contributed by atoms with E-state index in [9.17, 15) is 0 Å². The zero-order valence-electron chi connectivity index (χ0n) is 26.2. The lowest BCUT2D eigenvalue weighted by molar-refractivity contribution is 0.00578. The minimum absolute atomic E-state index is 0.385. The molecule has 0 aliphatic carbocycles. The fourth-order valence-corrected chi connectivity index (χ4v) is 5.56. The van der Waals surface area contributed by atoms with Crippen LogP contribution in [0.25, 0.3) is 28.1 Å². The van der Waals surface area contributed by atoms with Crippen LogP contribution in [0.15, 0.2) is 42.6 Å². The molecule has 1 saturated heterocycles. The quantitative estimate of drug-likeness (QED) is 0.0996. The minimum Gasteiger partial charge on any atom is -0.476 e. The summed E-state index contributed by atoms with van der Waals surface area (Å²) in [7, 11) is 3.09. The standard InChI is InChI=1S/C25H34BIN5O4P.2C2H6/c1-17(16-33-7)28-12-13-34-23-20(15-29-31(23)6)18-8-9-22-19(14-18)21(30-32(22)37-27)10-11-26-35-24(2,3)25(4,5)36-26;2*1-2/h8-11,14-15,28,37H,1,12-13,16H2,2-7H3;2*1-2H3/b11-10+;;. The van der Waals surface area contributed by atoms with Crippen molar-refractivity contribution >= 4 is 52.5 Å². The molecule has 1 aliphatic heterocycles. The van der Waals surface area contributed by atoms with Crippen molar-refractivity contribution in [1.82, 2.24) is 24.6 Å². The van der Waals surface area contributed by atoms with E-state index >= 15 is 0 Å². The fraction of sp³-hybridized carbons (Fsp3) is 0.517. The summed E-state index contributed by atoms with van der Waals surface area (Å²) in [5, 5.41) is 13.5. The summed E-state index contributed by atoms with van der Waals surface area (Å²) in [5.41, 5.74) is 3.91. The van der Waals surface area contributed by atoms with E-state index in [1.807, 2.05) is 85.1 Å². The molecule has 0 radical (unpaired) electrons. The van der Waals surface area contributed by atoms with E-state index in [1.165, 1.54) is 0 Å². The molecule has 1 unspecified atom stereocenters. The number of nitrogens with zero attached hydrogens (tertiary/aromatic N) is 4. The van der Waals surface area contributed by atoms with Crippen LogP contribution in [0.5, 0.6) is 5.88 Å². The fourth-order valence-electron chi connectivity index (χ4n) is 4.03. The van der Waals surface area contributed by atoms with Gasteiger partial charge in [0.25, 0.3) is 0 Å². The highest BCUT2D eigenvalue weighted by Crippen LogP contribution is 2.38. The summed E-state index contributed by atoms with van der Waals surface area (Å²) < 4.78 is 27.2. The number of benzene rings is 1. The second-order valence-corrected chi connectivity index (χ2v) is 11.9. The Labute approximate surface area is 260 Å². The Kier molecular flexibility index (Phi) is 13.8. The van der Waals surface area contributed by atoms with E-state index < -0.39 is 7.12 Å². The molecule has 9 nitrogen and oxygen atoms in total. The van der Waals surface area contributed by atoms with Crippen molar-refractivity contribution in [1.29, 1.82) is 0 Å². The van der Waals surface area contributed by atoms with Gasteiger partial charge in [-0.05, 0) is 73.5 Å². The molecule has 0 bridgehead atoms. The maximum absolute atomic E-state index is 6.13. The van der Waals surface area contributed by atoms with Crippen LogP contribution in [0.3, 0.4) is 0 Å². The van der Waals surface area contributed by atoms with Crippen molar-refractivity contribution in [2.75, 3.05) is 26.9 Å². The summed E-state index contributed by atoms with van der Waals surface area (Å²) in [6.07, 6.45) is 4.29. The monoisotopic (exact) mass is 697 g/mol. The first-order valence-corrected chi connectivity index (χ1v) is 18.1. The number of methoxy groups -OCH3 is 1. The third-order valence-electron chi connectivity index (χ3n) is 6.70. The van der Waals surface area contributed by atoms with Gasteiger partial charge in [-0.2, -0.15) is 10.2 Å². The largest absolute Gasteiger partial charge is 0.487 e. The van der Waals surface area contributed by atoms with Gasteiger partial charge in [0.2, 0.25) is 5.88 Å². The lowest BCUT2D eigenvalue weighted by Gasteiger charge is -2.32. The molecule has 4 rings (SSSR count). The number of rotatable bonds is 11. The summed E-state index contributed by atoms with van der Waals surface area (Å²) >= 11 is 2.35. The average Bonchev–Trinajstić information content (AvgIpc) is 3.57. The minimum atomic E-state index is -0.428. The van der Waals surface area contributed by atoms with Gasteiger partial charge in [0.1, 0.15) is 6.61 Å². The molecule has 3 aromatic rings. The van der Waals surface area contributed by atoms with Crippen LogP contribution in [0, 0.1) is 0 Å². The third kappa shape index (κ3) is 8.57. The van der Waals surface area contributed by atoms with E-state index in [2.05, 4.69) is 57.2 Å². The van der Waals surface area contributed by atoms with Gasteiger partial charge < -0.3 is 24.1 Å². The summed E-state index contributed by atoms with van der Waals surface area (Å²) in [4.78, 5) is 0. The Balaban J connectivity index is 0.00000141. The molecule has 1 N–H and O–H groups in total. The number of hydrogen-bond acceptors (Lipinski definition) is 7. The summed E-state index contributed by atoms with van der Waals surface area (Å²) in [5.74, 6) is 2.64. The van der Waals surface area contributed by atoms with Crippen LogP contribution in [0.1, 0.15) is 61.1 Å². The van der Waals surface area contributed by atoms with E-state index in [4.69, 9.17) is 23.9 Å². The van der Waals surface area contributed by atoms with Crippen LogP contribution < -0.4 is 10.1 Å². The van der Waals surface area contributed by atoms with Crippen molar-refractivity contribution < 1.29 is 18.8 Å². The predicted octanol–water partition coefficient (Wildman–Crippen LogP) is 7.05. The van der Waals surface area contributed by atoms with Gasteiger partial charge in [0.05, 0.1) is 47.2 Å². The first-order valence-electron chi connectivity index (χ1n) is 14.1. The first-order chi connectivity index (χ1) is 19.6. The summed E-state index contributed by atoms with van der Waals surface area (Å²) in [6, 6.07) is 6.33. The predicted molar refractivity (Wildman–Crippen MR) is 182 cm³/mol. The number of halogens is 1.